The van der Waals surface area contributed by atoms with E-state index in [2.05, 4.69) is 26.8 Å². The second kappa shape index (κ2) is 6.41. The summed E-state index contributed by atoms with van der Waals surface area (Å²) in [6.07, 6.45) is 0.900. The molecule has 0 aliphatic rings. The number of ether oxygens (including phenoxy) is 1. The molecule has 0 saturated carbocycles. The molecule has 0 amide bonds. The minimum atomic E-state index is -0.00234. The SMILES string of the molecule is COC(=S)c1ccccc1-c1ccc(C(C)(C)C)cc1C=O. The Hall–Kier alpha value is -2.00. The van der Waals surface area contributed by atoms with Gasteiger partial charge in [-0.2, -0.15) is 0 Å². The molecule has 0 aliphatic heterocycles. The fraction of sp³-hybridized carbons (Fsp3) is 0.263. The fourth-order valence-corrected chi connectivity index (χ4v) is 2.56. The fourth-order valence-electron chi connectivity index (χ4n) is 2.38. The molecular weight excluding hydrogens is 292 g/mol. The van der Waals surface area contributed by atoms with Gasteiger partial charge in [-0.15, -0.1) is 0 Å². The summed E-state index contributed by atoms with van der Waals surface area (Å²) in [5.41, 5.74) is 4.41. The van der Waals surface area contributed by atoms with Crippen molar-refractivity contribution in [3.8, 4) is 11.1 Å². The van der Waals surface area contributed by atoms with Crippen molar-refractivity contribution in [1.82, 2.24) is 0 Å². The minimum Gasteiger partial charge on any atom is -0.486 e. The number of methoxy groups -OCH3 is 1. The van der Waals surface area contributed by atoms with Crippen LogP contribution in [0.4, 0.5) is 0 Å². The van der Waals surface area contributed by atoms with Crippen LogP contribution in [0.5, 0.6) is 0 Å². The zero-order valence-corrected chi connectivity index (χ0v) is 14.2. The minimum absolute atomic E-state index is 0.00234. The van der Waals surface area contributed by atoms with E-state index in [-0.39, 0.29) is 5.41 Å². The Kier molecular flexibility index (Phi) is 4.77. The van der Waals surface area contributed by atoms with Gasteiger partial charge in [-0.05, 0) is 46.5 Å². The molecule has 0 fully saturated rings. The lowest BCUT2D eigenvalue weighted by atomic mass is 9.84. The zero-order valence-electron chi connectivity index (χ0n) is 13.3. The van der Waals surface area contributed by atoms with Crippen LogP contribution in [-0.4, -0.2) is 18.4 Å². The van der Waals surface area contributed by atoms with Crippen molar-refractivity contribution in [2.75, 3.05) is 7.11 Å². The van der Waals surface area contributed by atoms with Gasteiger partial charge in [0, 0.05) is 11.1 Å². The molecule has 114 valence electrons. The molecule has 22 heavy (non-hydrogen) atoms. The van der Waals surface area contributed by atoms with E-state index >= 15 is 0 Å². The van der Waals surface area contributed by atoms with E-state index in [0.29, 0.717) is 10.6 Å². The van der Waals surface area contributed by atoms with Gasteiger partial charge in [0.2, 0.25) is 0 Å². The van der Waals surface area contributed by atoms with Crippen LogP contribution in [0, 0.1) is 0 Å². The van der Waals surface area contributed by atoms with Gasteiger partial charge in [0.1, 0.15) is 0 Å². The lowest BCUT2D eigenvalue weighted by Gasteiger charge is -2.21. The molecule has 2 aromatic rings. The summed E-state index contributed by atoms with van der Waals surface area (Å²) >= 11 is 5.26. The van der Waals surface area contributed by atoms with Gasteiger partial charge in [-0.1, -0.05) is 51.1 Å². The van der Waals surface area contributed by atoms with Crippen LogP contribution in [0.15, 0.2) is 42.5 Å². The van der Waals surface area contributed by atoms with E-state index < -0.39 is 0 Å². The van der Waals surface area contributed by atoms with Crippen LogP contribution in [0.2, 0.25) is 0 Å². The van der Waals surface area contributed by atoms with Crippen LogP contribution in [0.3, 0.4) is 0 Å². The van der Waals surface area contributed by atoms with Crippen molar-refractivity contribution in [1.29, 1.82) is 0 Å². The Balaban J connectivity index is 2.64. The van der Waals surface area contributed by atoms with Crippen LogP contribution >= 0.6 is 12.2 Å². The largest absolute Gasteiger partial charge is 0.486 e. The van der Waals surface area contributed by atoms with Crippen molar-refractivity contribution < 1.29 is 9.53 Å². The molecule has 0 N–H and O–H groups in total. The van der Waals surface area contributed by atoms with Crippen molar-refractivity contribution in [3.63, 3.8) is 0 Å². The van der Waals surface area contributed by atoms with Crippen LogP contribution in [0.1, 0.15) is 42.3 Å². The highest BCUT2D eigenvalue weighted by atomic mass is 32.1. The molecule has 0 heterocycles. The summed E-state index contributed by atoms with van der Waals surface area (Å²) in [6.45, 7) is 6.39. The van der Waals surface area contributed by atoms with Gasteiger partial charge in [0.05, 0.1) is 7.11 Å². The number of aldehydes is 1. The Morgan fingerprint density at radius 2 is 1.77 bits per heavy atom. The second-order valence-corrected chi connectivity index (χ2v) is 6.58. The van der Waals surface area contributed by atoms with Gasteiger partial charge in [-0.3, -0.25) is 4.79 Å². The first-order chi connectivity index (χ1) is 10.4. The average molecular weight is 312 g/mol. The predicted octanol–water partition coefficient (Wildman–Crippen LogP) is 4.79. The van der Waals surface area contributed by atoms with Gasteiger partial charge < -0.3 is 4.74 Å². The maximum atomic E-state index is 11.6. The van der Waals surface area contributed by atoms with E-state index in [4.69, 9.17) is 17.0 Å². The lowest BCUT2D eigenvalue weighted by Crippen LogP contribution is -2.12. The molecule has 0 aliphatic carbocycles. The number of thiocarbonyl (C=S) groups is 1. The van der Waals surface area contributed by atoms with Crippen LogP contribution in [-0.2, 0) is 10.2 Å². The molecule has 3 heteroatoms. The second-order valence-electron chi connectivity index (χ2n) is 6.21. The van der Waals surface area contributed by atoms with Crippen molar-refractivity contribution in [3.05, 3.63) is 59.2 Å². The van der Waals surface area contributed by atoms with Crippen LogP contribution < -0.4 is 0 Å². The number of hydrogen-bond donors (Lipinski definition) is 0. The first-order valence-electron chi connectivity index (χ1n) is 7.16. The monoisotopic (exact) mass is 312 g/mol. The van der Waals surface area contributed by atoms with Crippen molar-refractivity contribution in [2.45, 2.75) is 26.2 Å². The summed E-state index contributed by atoms with van der Waals surface area (Å²) in [5, 5.41) is 0.423. The maximum Gasteiger partial charge on any atom is 0.191 e. The molecule has 0 aromatic heterocycles. The molecular formula is C19H20O2S. The third-order valence-electron chi connectivity index (χ3n) is 3.67. The summed E-state index contributed by atoms with van der Waals surface area (Å²) in [6, 6.07) is 13.7. The van der Waals surface area contributed by atoms with Crippen molar-refractivity contribution in [2.24, 2.45) is 0 Å². The molecule has 0 radical (unpaired) electrons. The van der Waals surface area contributed by atoms with Crippen molar-refractivity contribution >= 4 is 23.6 Å². The summed E-state index contributed by atoms with van der Waals surface area (Å²) < 4.78 is 5.19. The third-order valence-corrected chi connectivity index (χ3v) is 4.05. The highest BCUT2D eigenvalue weighted by molar-refractivity contribution is 7.80. The highest BCUT2D eigenvalue weighted by Gasteiger charge is 2.17. The van der Waals surface area contributed by atoms with Gasteiger partial charge >= 0.3 is 0 Å². The van der Waals surface area contributed by atoms with Crippen LogP contribution in [0.25, 0.3) is 11.1 Å². The Morgan fingerprint density at radius 1 is 1.09 bits per heavy atom. The van der Waals surface area contributed by atoms with E-state index in [9.17, 15) is 4.79 Å². The first kappa shape index (κ1) is 16.4. The summed E-state index contributed by atoms with van der Waals surface area (Å²) in [5.74, 6) is 0. The first-order valence-corrected chi connectivity index (χ1v) is 7.56. The molecule has 0 saturated heterocycles. The molecule has 0 atom stereocenters. The number of benzene rings is 2. The standard InChI is InChI=1S/C19H20O2S/c1-19(2,3)14-9-10-15(13(11-14)12-20)16-7-5-6-8-17(16)18(22)21-4/h5-12H,1-4H3. The lowest BCUT2D eigenvalue weighted by molar-refractivity contribution is 0.112. The molecule has 0 spiro atoms. The number of carbonyl (C=O) groups excluding carboxylic acids is 1. The van der Waals surface area contributed by atoms with E-state index in [1.807, 2.05) is 36.4 Å². The van der Waals surface area contributed by atoms with E-state index in [1.165, 1.54) is 0 Å². The maximum absolute atomic E-state index is 11.6. The quantitative estimate of drug-likeness (QED) is 0.602. The Bertz CT molecular complexity index is 712. The Labute approximate surface area is 137 Å². The molecule has 2 aromatic carbocycles. The topological polar surface area (TPSA) is 26.3 Å². The number of carbonyl (C=O) groups is 1. The molecule has 0 unspecified atom stereocenters. The van der Waals surface area contributed by atoms with E-state index in [0.717, 1.165) is 28.5 Å². The van der Waals surface area contributed by atoms with Gasteiger partial charge in [-0.25, -0.2) is 0 Å². The normalized spacial score (nSPS) is 11.1. The number of hydrogen-bond acceptors (Lipinski definition) is 3. The third kappa shape index (κ3) is 3.25. The summed E-state index contributed by atoms with van der Waals surface area (Å²) in [4.78, 5) is 11.6. The molecule has 0 bridgehead atoms. The number of rotatable bonds is 3. The Morgan fingerprint density at radius 3 is 2.36 bits per heavy atom. The van der Waals surface area contributed by atoms with Gasteiger partial charge in [0.15, 0.2) is 11.3 Å². The van der Waals surface area contributed by atoms with E-state index in [1.54, 1.807) is 7.11 Å². The summed E-state index contributed by atoms with van der Waals surface area (Å²) in [7, 11) is 1.56. The smallest absolute Gasteiger partial charge is 0.191 e. The highest BCUT2D eigenvalue weighted by Crippen LogP contribution is 2.31. The van der Waals surface area contributed by atoms with Gasteiger partial charge in [0.25, 0.3) is 0 Å². The zero-order chi connectivity index (χ0) is 16.3. The average Bonchev–Trinajstić information content (AvgIpc) is 2.52. The molecule has 2 rings (SSSR count). The molecule has 2 nitrogen and oxygen atoms in total. The predicted molar refractivity (Wildman–Crippen MR) is 94.7 cm³/mol.